The third-order valence-electron chi connectivity index (χ3n) is 9.72. The van der Waals surface area contributed by atoms with Crippen LogP contribution in [0.4, 0.5) is 0 Å². The number of fused-ring (bicyclic) bond motifs is 9. The number of benzene rings is 8. The molecular formula is C48H30N2O. The van der Waals surface area contributed by atoms with E-state index in [4.69, 9.17) is 16.8 Å². The van der Waals surface area contributed by atoms with Crippen LogP contribution in [-0.4, -0.2) is 9.13 Å². The molecule has 238 valence electrons. The minimum absolute atomic E-state index is 0.0406. The van der Waals surface area contributed by atoms with Crippen LogP contribution in [0.3, 0.4) is 0 Å². The second kappa shape index (κ2) is 10.8. The van der Waals surface area contributed by atoms with Gasteiger partial charge < -0.3 is 13.6 Å². The van der Waals surface area contributed by atoms with E-state index in [9.17, 15) is 2.74 Å². The van der Waals surface area contributed by atoms with E-state index in [0.717, 1.165) is 49.4 Å². The molecule has 0 amide bonds. The molecule has 0 aliphatic heterocycles. The first-order chi connectivity index (χ1) is 29.9. The van der Waals surface area contributed by atoms with Crippen molar-refractivity contribution in [2.24, 2.45) is 0 Å². The van der Waals surface area contributed by atoms with Gasteiger partial charge in [0.15, 0.2) is 0 Å². The number of nitrogens with zero attached hydrogens (tertiary/aromatic N) is 2. The molecule has 0 bridgehead atoms. The highest BCUT2D eigenvalue weighted by atomic mass is 16.3. The summed E-state index contributed by atoms with van der Waals surface area (Å²) >= 11 is 0. The summed E-state index contributed by atoms with van der Waals surface area (Å²) in [7, 11) is 0. The smallest absolute Gasteiger partial charge is 0.138 e. The van der Waals surface area contributed by atoms with Crippen molar-refractivity contribution in [3.05, 3.63) is 182 Å². The van der Waals surface area contributed by atoms with Crippen molar-refractivity contribution >= 4 is 65.6 Å². The van der Waals surface area contributed by atoms with Crippen molar-refractivity contribution in [3.63, 3.8) is 0 Å². The highest BCUT2D eigenvalue weighted by Gasteiger charge is 2.20. The number of aromatic nitrogens is 2. The molecule has 3 nitrogen and oxygen atoms in total. The molecule has 3 heteroatoms. The van der Waals surface area contributed by atoms with Crippen LogP contribution in [-0.2, 0) is 0 Å². The van der Waals surface area contributed by atoms with Crippen LogP contribution in [0.2, 0.25) is 0 Å². The molecule has 0 aliphatic carbocycles. The zero-order valence-corrected chi connectivity index (χ0v) is 26.8. The van der Waals surface area contributed by atoms with Crippen molar-refractivity contribution in [1.82, 2.24) is 9.13 Å². The van der Waals surface area contributed by atoms with Gasteiger partial charge in [-0.2, -0.15) is 0 Å². The van der Waals surface area contributed by atoms with Crippen molar-refractivity contribution in [2.45, 2.75) is 0 Å². The van der Waals surface area contributed by atoms with Crippen molar-refractivity contribution in [1.29, 1.82) is 0 Å². The molecule has 51 heavy (non-hydrogen) atoms. The van der Waals surface area contributed by atoms with Gasteiger partial charge in [0.25, 0.3) is 0 Å². The molecule has 11 rings (SSSR count). The minimum Gasteiger partial charge on any atom is -0.456 e. The van der Waals surface area contributed by atoms with E-state index in [1.807, 2.05) is 66.7 Å². The second-order valence-corrected chi connectivity index (χ2v) is 12.5. The normalized spacial score (nSPS) is 14.9. The Hall–Kier alpha value is -6.84. The van der Waals surface area contributed by atoms with E-state index >= 15 is 0 Å². The molecule has 0 aliphatic rings. The third-order valence-corrected chi connectivity index (χ3v) is 9.72. The Bertz CT molecular complexity index is 3750. The first-order valence-corrected chi connectivity index (χ1v) is 16.5. The van der Waals surface area contributed by atoms with E-state index < -0.39 is 60.4 Å². The fraction of sp³-hybridized carbons (Fsp3) is 0. The number of hydrogen-bond donors (Lipinski definition) is 0. The lowest BCUT2D eigenvalue weighted by molar-refractivity contribution is 0.669. The average Bonchev–Trinajstić information content (AvgIpc) is 3.96. The van der Waals surface area contributed by atoms with Crippen LogP contribution in [0.5, 0.6) is 0 Å². The van der Waals surface area contributed by atoms with Crippen LogP contribution >= 0.6 is 0 Å². The van der Waals surface area contributed by atoms with Crippen molar-refractivity contribution < 1.29 is 19.5 Å². The number of rotatable bonds is 4. The molecule has 0 atom stereocenters. The van der Waals surface area contributed by atoms with Gasteiger partial charge in [0.2, 0.25) is 0 Å². The largest absolute Gasteiger partial charge is 0.456 e. The molecule has 0 N–H and O–H groups in total. The summed E-state index contributed by atoms with van der Waals surface area (Å²) in [6.07, 6.45) is 0. The zero-order valence-electron chi connectivity index (χ0n) is 37.8. The molecule has 8 aromatic carbocycles. The molecule has 0 radical (unpaired) electrons. The summed E-state index contributed by atoms with van der Waals surface area (Å²) < 4.78 is 107. The Balaban J connectivity index is 1.23. The van der Waals surface area contributed by atoms with E-state index in [-0.39, 0.29) is 44.8 Å². The molecule has 3 heterocycles. The molecule has 0 unspecified atom stereocenters. The highest BCUT2D eigenvalue weighted by molar-refractivity contribution is 6.16. The number of para-hydroxylation sites is 4. The summed E-state index contributed by atoms with van der Waals surface area (Å²) in [5.74, 6) is 0. The second-order valence-electron chi connectivity index (χ2n) is 12.5. The first-order valence-electron chi connectivity index (χ1n) is 22.0. The molecule has 0 spiro atoms. The monoisotopic (exact) mass is 661 g/mol. The Morgan fingerprint density at radius 2 is 1.00 bits per heavy atom. The van der Waals surface area contributed by atoms with Crippen LogP contribution in [0.1, 0.15) is 15.1 Å². The predicted octanol–water partition coefficient (Wildman–Crippen LogP) is 13.1. The van der Waals surface area contributed by atoms with Gasteiger partial charge in [0.1, 0.15) is 11.2 Å². The lowest BCUT2D eigenvalue weighted by Gasteiger charge is -2.13. The van der Waals surface area contributed by atoms with Gasteiger partial charge in [-0.1, -0.05) is 115 Å². The summed E-state index contributed by atoms with van der Waals surface area (Å²) in [6, 6.07) is 32.5. The van der Waals surface area contributed by atoms with Gasteiger partial charge in [-0.15, -0.1) is 0 Å². The van der Waals surface area contributed by atoms with E-state index in [1.165, 1.54) is 0 Å². The van der Waals surface area contributed by atoms with Crippen molar-refractivity contribution in [2.75, 3.05) is 0 Å². The van der Waals surface area contributed by atoms with Crippen LogP contribution < -0.4 is 0 Å². The molecule has 0 saturated carbocycles. The van der Waals surface area contributed by atoms with E-state index in [0.29, 0.717) is 11.0 Å². The van der Waals surface area contributed by atoms with Crippen LogP contribution in [0.15, 0.2) is 186 Å². The van der Waals surface area contributed by atoms with Gasteiger partial charge in [-0.25, -0.2) is 0 Å². The van der Waals surface area contributed by atoms with Crippen LogP contribution in [0, 0.1) is 0 Å². The Morgan fingerprint density at radius 3 is 1.73 bits per heavy atom. The highest BCUT2D eigenvalue weighted by Crippen LogP contribution is 2.42. The van der Waals surface area contributed by atoms with E-state index in [2.05, 4.69) is 53.1 Å². The summed E-state index contributed by atoms with van der Waals surface area (Å²) in [5, 5.41) is 3.80. The minimum atomic E-state index is -0.641. The topological polar surface area (TPSA) is 23.0 Å². The lowest BCUT2D eigenvalue weighted by Crippen LogP contribution is -1.96. The SMILES string of the molecule is [2H]c1c([2H])c([2H])c(-c2c([2H])c(-n3c4ccccc4c4cc(-c5ccc6c(c5)c5ccccc5n6-c5ccccc5)ccc43)c3c(oc4c([2H])c([2H])c([2H])c([2H])c43)c2[2H])c([2H])c1[2H]. The maximum absolute atomic E-state index is 9.93. The zero-order chi connectivity index (χ0) is 43.0. The molecule has 0 fully saturated rings. The van der Waals surface area contributed by atoms with Gasteiger partial charge in [0.05, 0.1) is 48.2 Å². The van der Waals surface area contributed by atoms with Gasteiger partial charge in [-0.05, 0) is 88.9 Å². The van der Waals surface area contributed by atoms with Crippen molar-refractivity contribution in [3.8, 4) is 33.6 Å². The Labute approximate surface area is 309 Å². The lowest BCUT2D eigenvalue weighted by atomic mass is 10.0. The van der Waals surface area contributed by atoms with Gasteiger partial charge in [-0.3, -0.25) is 0 Å². The molecule has 11 aromatic rings. The molecular weight excluding hydrogens is 621 g/mol. The first kappa shape index (κ1) is 19.4. The summed E-state index contributed by atoms with van der Waals surface area (Å²) in [5.41, 5.74) is 5.26. The third kappa shape index (κ3) is 4.19. The number of hydrogen-bond acceptors (Lipinski definition) is 1. The fourth-order valence-electron chi connectivity index (χ4n) is 7.53. The summed E-state index contributed by atoms with van der Waals surface area (Å²) in [4.78, 5) is 0. The summed E-state index contributed by atoms with van der Waals surface area (Å²) in [6.45, 7) is 0. The maximum atomic E-state index is 9.93. The fourth-order valence-corrected chi connectivity index (χ4v) is 7.53. The van der Waals surface area contributed by atoms with Gasteiger partial charge >= 0.3 is 0 Å². The quantitative estimate of drug-likeness (QED) is 0.184. The predicted molar refractivity (Wildman–Crippen MR) is 213 cm³/mol. The molecule has 0 saturated heterocycles. The van der Waals surface area contributed by atoms with Gasteiger partial charge in [0, 0.05) is 32.6 Å². The maximum Gasteiger partial charge on any atom is 0.138 e. The molecule has 3 aromatic heterocycles. The average molecular weight is 662 g/mol. The Kier molecular flexibility index (Phi) is 4.11. The van der Waals surface area contributed by atoms with E-state index in [1.54, 1.807) is 4.57 Å². The number of furan rings is 1. The standard InChI is InChI=1S/C48H30N2O/c1-3-13-31(14-4-1)34-29-45(48-38-19-9-12-22-46(38)51-47(48)30-34)50-42-21-11-8-18-37(42)40-28-33(24-26-44(40)50)32-23-25-43-39(27-32)36-17-7-10-20-41(36)49(43)35-15-5-2-6-16-35/h1-30H/i1D,3D,4D,9D,12D,13D,14D,19D,22D,29D,30D. The Morgan fingerprint density at radius 1 is 0.412 bits per heavy atom. The van der Waals surface area contributed by atoms with Crippen LogP contribution in [0.25, 0.3) is 99.2 Å².